The topological polar surface area (TPSA) is 15.3 Å². The third-order valence-electron chi connectivity index (χ3n) is 4.09. The van der Waals surface area contributed by atoms with E-state index in [1.165, 1.54) is 36.9 Å². The summed E-state index contributed by atoms with van der Waals surface area (Å²) >= 11 is 0. The lowest BCUT2D eigenvalue weighted by Gasteiger charge is -2.25. The molecule has 0 saturated heterocycles. The molecule has 1 N–H and O–H groups in total. The van der Waals surface area contributed by atoms with Crippen molar-refractivity contribution >= 4 is 0 Å². The third-order valence-corrected chi connectivity index (χ3v) is 4.09. The van der Waals surface area contributed by atoms with E-state index in [1.54, 1.807) is 5.57 Å². The zero-order valence-electron chi connectivity index (χ0n) is 11.9. The summed E-state index contributed by atoms with van der Waals surface area (Å²) in [4.78, 5) is 2.53. The van der Waals surface area contributed by atoms with Crippen molar-refractivity contribution in [2.24, 2.45) is 0 Å². The molecule has 2 aliphatic rings. The molecule has 0 bridgehead atoms. The molecule has 1 aromatic rings. The Hall–Kier alpha value is -1.12. The Morgan fingerprint density at radius 1 is 1.26 bits per heavy atom. The van der Waals surface area contributed by atoms with Crippen LogP contribution in [0.25, 0.3) is 0 Å². The lowest BCUT2D eigenvalue weighted by atomic mass is 10.1. The van der Waals surface area contributed by atoms with E-state index >= 15 is 0 Å². The predicted octanol–water partition coefficient (Wildman–Crippen LogP) is 3.09. The van der Waals surface area contributed by atoms with Crippen LogP contribution >= 0.6 is 0 Å². The molecule has 19 heavy (non-hydrogen) atoms. The molecule has 0 aromatic heterocycles. The minimum Gasteiger partial charge on any atom is -0.310 e. The molecule has 102 valence electrons. The fourth-order valence-electron chi connectivity index (χ4n) is 2.60. The molecule has 3 rings (SSSR count). The van der Waals surface area contributed by atoms with Crippen LogP contribution in [-0.4, -0.2) is 24.0 Å². The number of rotatable bonds is 5. The summed E-state index contributed by atoms with van der Waals surface area (Å²) in [5.74, 6) is 0. The second-order valence-corrected chi connectivity index (χ2v) is 6.01. The van der Waals surface area contributed by atoms with E-state index in [4.69, 9.17) is 0 Å². The van der Waals surface area contributed by atoms with Crippen molar-refractivity contribution in [1.29, 1.82) is 0 Å². The van der Waals surface area contributed by atoms with Crippen LogP contribution in [0.2, 0.25) is 0 Å². The highest BCUT2D eigenvalue weighted by Gasteiger charge is 2.19. The van der Waals surface area contributed by atoms with Gasteiger partial charge in [-0.2, -0.15) is 0 Å². The van der Waals surface area contributed by atoms with Gasteiger partial charge in [0.25, 0.3) is 0 Å². The number of hydrogen-bond donors (Lipinski definition) is 1. The fraction of sp³-hybridized carbons (Fsp3) is 0.529. The van der Waals surface area contributed by atoms with Crippen molar-refractivity contribution in [1.82, 2.24) is 10.2 Å². The minimum absolute atomic E-state index is 0.791. The van der Waals surface area contributed by atoms with Crippen molar-refractivity contribution in [3.05, 3.63) is 47.0 Å². The van der Waals surface area contributed by atoms with E-state index in [1.807, 2.05) is 0 Å². The summed E-state index contributed by atoms with van der Waals surface area (Å²) in [5.41, 5.74) is 4.41. The van der Waals surface area contributed by atoms with E-state index in [9.17, 15) is 0 Å². The molecular formula is C17H24N2. The molecule has 2 nitrogen and oxygen atoms in total. The monoisotopic (exact) mass is 256 g/mol. The van der Waals surface area contributed by atoms with Crippen molar-refractivity contribution in [3.63, 3.8) is 0 Å². The zero-order chi connectivity index (χ0) is 13.1. The number of benzene rings is 1. The van der Waals surface area contributed by atoms with Gasteiger partial charge in [0.1, 0.15) is 0 Å². The summed E-state index contributed by atoms with van der Waals surface area (Å²) in [6, 6.07) is 9.84. The highest BCUT2D eigenvalue weighted by atomic mass is 15.1. The first-order valence-electron chi connectivity index (χ1n) is 7.49. The SMILES string of the molecule is CC1=CCN(Cc2cccc(CNC3CC3)c2)CC1. The van der Waals surface area contributed by atoms with Crippen LogP contribution in [0.4, 0.5) is 0 Å². The standard InChI is InChI=1S/C17H24N2/c1-14-7-9-19(10-8-14)13-16-4-2-3-15(11-16)12-18-17-5-6-17/h2-4,7,11,17-18H,5-6,8-10,12-13H2,1H3. The Labute approximate surface area is 116 Å². The van der Waals surface area contributed by atoms with Crippen LogP contribution in [-0.2, 0) is 13.1 Å². The molecule has 1 aromatic carbocycles. The van der Waals surface area contributed by atoms with Crippen LogP contribution in [0.5, 0.6) is 0 Å². The summed E-state index contributed by atoms with van der Waals surface area (Å²) in [5, 5.41) is 3.59. The molecule has 0 atom stereocenters. The largest absolute Gasteiger partial charge is 0.310 e. The van der Waals surface area contributed by atoms with Gasteiger partial charge in [0, 0.05) is 32.2 Å². The Kier molecular flexibility index (Phi) is 4.00. The second kappa shape index (κ2) is 5.89. The van der Waals surface area contributed by atoms with Crippen LogP contribution in [0.15, 0.2) is 35.9 Å². The highest BCUT2D eigenvalue weighted by Crippen LogP contribution is 2.20. The van der Waals surface area contributed by atoms with Gasteiger partial charge in [-0.15, -0.1) is 0 Å². The molecule has 0 unspecified atom stereocenters. The van der Waals surface area contributed by atoms with Crippen molar-refractivity contribution in [2.75, 3.05) is 13.1 Å². The van der Waals surface area contributed by atoms with Crippen molar-refractivity contribution in [2.45, 2.75) is 45.3 Å². The molecule has 1 fully saturated rings. The van der Waals surface area contributed by atoms with Gasteiger partial charge in [0.2, 0.25) is 0 Å². The van der Waals surface area contributed by atoms with Crippen LogP contribution in [0.1, 0.15) is 37.3 Å². The first-order valence-corrected chi connectivity index (χ1v) is 7.49. The van der Waals surface area contributed by atoms with Gasteiger partial charge in [-0.1, -0.05) is 35.9 Å². The van der Waals surface area contributed by atoms with Crippen LogP contribution < -0.4 is 5.32 Å². The number of nitrogens with zero attached hydrogens (tertiary/aromatic N) is 1. The normalized spacial score (nSPS) is 20.4. The van der Waals surface area contributed by atoms with Crippen molar-refractivity contribution < 1.29 is 0 Å². The van der Waals surface area contributed by atoms with E-state index in [2.05, 4.69) is 47.5 Å². The summed E-state index contributed by atoms with van der Waals surface area (Å²) in [7, 11) is 0. The maximum Gasteiger partial charge on any atom is 0.0237 e. The van der Waals surface area contributed by atoms with E-state index in [0.29, 0.717) is 0 Å². The molecule has 0 spiro atoms. The van der Waals surface area contributed by atoms with E-state index in [0.717, 1.165) is 25.7 Å². The lowest BCUT2D eigenvalue weighted by molar-refractivity contribution is 0.286. The Bertz CT molecular complexity index is 460. The summed E-state index contributed by atoms with van der Waals surface area (Å²) in [6.07, 6.45) is 6.31. The molecule has 1 aliphatic heterocycles. The number of nitrogens with one attached hydrogen (secondary N) is 1. The average Bonchev–Trinajstić information content (AvgIpc) is 3.24. The number of hydrogen-bond acceptors (Lipinski definition) is 2. The van der Waals surface area contributed by atoms with Crippen molar-refractivity contribution in [3.8, 4) is 0 Å². The molecule has 1 heterocycles. The fourth-order valence-corrected chi connectivity index (χ4v) is 2.60. The minimum atomic E-state index is 0.791. The van der Waals surface area contributed by atoms with Gasteiger partial charge in [0.15, 0.2) is 0 Å². The highest BCUT2D eigenvalue weighted by molar-refractivity contribution is 5.24. The predicted molar refractivity (Wildman–Crippen MR) is 80.0 cm³/mol. The first-order chi connectivity index (χ1) is 9.29. The third kappa shape index (κ3) is 3.92. The van der Waals surface area contributed by atoms with Gasteiger partial charge < -0.3 is 5.32 Å². The van der Waals surface area contributed by atoms with Crippen LogP contribution in [0, 0.1) is 0 Å². The van der Waals surface area contributed by atoms with Crippen LogP contribution in [0.3, 0.4) is 0 Å². The maximum absolute atomic E-state index is 3.59. The molecule has 2 heteroatoms. The Balaban J connectivity index is 1.56. The zero-order valence-corrected chi connectivity index (χ0v) is 11.9. The van der Waals surface area contributed by atoms with Gasteiger partial charge in [-0.25, -0.2) is 0 Å². The van der Waals surface area contributed by atoms with Gasteiger partial charge in [-0.05, 0) is 37.3 Å². The summed E-state index contributed by atoms with van der Waals surface area (Å²) < 4.78 is 0. The summed E-state index contributed by atoms with van der Waals surface area (Å²) in [6.45, 7) is 6.66. The molecule has 1 aliphatic carbocycles. The maximum atomic E-state index is 3.59. The van der Waals surface area contributed by atoms with Gasteiger partial charge in [-0.3, -0.25) is 4.90 Å². The molecule has 0 radical (unpaired) electrons. The molecule has 0 amide bonds. The average molecular weight is 256 g/mol. The van der Waals surface area contributed by atoms with E-state index in [-0.39, 0.29) is 0 Å². The quantitative estimate of drug-likeness (QED) is 0.814. The Morgan fingerprint density at radius 2 is 2.11 bits per heavy atom. The lowest BCUT2D eigenvalue weighted by Crippen LogP contribution is -2.28. The van der Waals surface area contributed by atoms with E-state index < -0.39 is 0 Å². The molecular weight excluding hydrogens is 232 g/mol. The van der Waals surface area contributed by atoms with Gasteiger partial charge in [0.05, 0.1) is 0 Å². The Morgan fingerprint density at radius 3 is 2.84 bits per heavy atom. The first kappa shape index (κ1) is 12.9. The smallest absolute Gasteiger partial charge is 0.0237 e. The second-order valence-electron chi connectivity index (χ2n) is 6.01. The van der Waals surface area contributed by atoms with Gasteiger partial charge >= 0.3 is 0 Å². The molecule has 1 saturated carbocycles.